The predicted molar refractivity (Wildman–Crippen MR) is 78.4 cm³/mol. The molecular weight excluding hydrogens is 280 g/mol. The second-order valence-corrected chi connectivity index (χ2v) is 6.19. The largest absolute Gasteiger partial charge is 0.478 e. The summed E-state index contributed by atoms with van der Waals surface area (Å²) in [7, 11) is -3.11. The molecule has 1 aromatic rings. The Morgan fingerprint density at radius 3 is 2.70 bits per heavy atom. The maximum Gasteiger partial charge on any atom is 0.218 e. The Bertz CT molecular complexity index is 507. The minimum absolute atomic E-state index is 0.487. The Morgan fingerprint density at radius 1 is 1.35 bits per heavy atom. The molecule has 0 atom stereocenters. The molecule has 0 aliphatic rings. The Hall–Kier alpha value is -1.41. The average Bonchev–Trinajstić information content (AvgIpc) is 2.38. The molecule has 8 heteroatoms. The third-order valence-electron chi connectivity index (χ3n) is 2.65. The molecule has 0 radical (unpaired) electrons. The second kappa shape index (κ2) is 8.01. The van der Waals surface area contributed by atoms with Gasteiger partial charge in [-0.1, -0.05) is 6.92 Å². The van der Waals surface area contributed by atoms with Crippen molar-refractivity contribution in [3.05, 3.63) is 12.4 Å². The molecule has 7 nitrogen and oxygen atoms in total. The van der Waals surface area contributed by atoms with E-state index in [2.05, 4.69) is 15.3 Å². The van der Waals surface area contributed by atoms with Crippen molar-refractivity contribution in [3.8, 4) is 5.88 Å². The first-order valence-electron chi connectivity index (χ1n) is 6.61. The number of nitrogens with zero attached hydrogens (tertiary/aromatic N) is 3. The van der Waals surface area contributed by atoms with Crippen LogP contribution in [0.3, 0.4) is 0 Å². The van der Waals surface area contributed by atoms with Crippen LogP contribution in [0.1, 0.15) is 20.3 Å². The fourth-order valence-electron chi connectivity index (χ4n) is 1.69. The van der Waals surface area contributed by atoms with Crippen LogP contribution in [-0.2, 0) is 10.0 Å². The van der Waals surface area contributed by atoms with Crippen LogP contribution in [0, 0.1) is 0 Å². The van der Waals surface area contributed by atoms with Crippen LogP contribution in [0.5, 0.6) is 5.88 Å². The van der Waals surface area contributed by atoms with E-state index in [9.17, 15) is 8.42 Å². The normalized spacial score (nSPS) is 11.6. The summed E-state index contributed by atoms with van der Waals surface area (Å²) in [5, 5.41) is 3.12. The summed E-state index contributed by atoms with van der Waals surface area (Å²) in [5.74, 6) is 1.20. The standard InChI is InChI=1S/C12H22N4O3S/c1-4-16(20(3,17)18)8-6-7-13-11-9-12(19-5-2)15-10-14-11/h9-10H,4-8H2,1-3H3,(H,13,14,15). The minimum atomic E-state index is -3.11. The van der Waals surface area contributed by atoms with E-state index in [4.69, 9.17) is 4.74 Å². The van der Waals surface area contributed by atoms with Gasteiger partial charge in [-0.3, -0.25) is 0 Å². The molecule has 0 aliphatic carbocycles. The highest BCUT2D eigenvalue weighted by Crippen LogP contribution is 2.10. The number of ether oxygens (including phenoxy) is 1. The first-order chi connectivity index (χ1) is 9.47. The molecule has 0 aromatic carbocycles. The van der Waals surface area contributed by atoms with Crippen molar-refractivity contribution in [2.45, 2.75) is 20.3 Å². The molecule has 0 bridgehead atoms. The van der Waals surface area contributed by atoms with Gasteiger partial charge in [-0.05, 0) is 13.3 Å². The summed E-state index contributed by atoms with van der Waals surface area (Å²) in [6, 6.07) is 1.72. The van der Waals surface area contributed by atoms with Gasteiger partial charge in [0.1, 0.15) is 12.1 Å². The molecule has 20 heavy (non-hydrogen) atoms. The van der Waals surface area contributed by atoms with E-state index < -0.39 is 10.0 Å². The molecular formula is C12H22N4O3S. The van der Waals surface area contributed by atoms with Gasteiger partial charge in [0.2, 0.25) is 15.9 Å². The quantitative estimate of drug-likeness (QED) is 0.684. The summed E-state index contributed by atoms with van der Waals surface area (Å²) in [6.45, 7) is 5.88. The summed E-state index contributed by atoms with van der Waals surface area (Å²) in [6.07, 6.45) is 3.36. The van der Waals surface area contributed by atoms with Crippen molar-refractivity contribution < 1.29 is 13.2 Å². The maximum atomic E-state index is 11.4. The van der Waals surface area contributed by atoms with Crippen LogP contribution in [0.2, 0.25) is 0 Å². The summed E-state index contributed by atoms with van der Waals surface area (Å²) in [5.41, 5.74) is 0. The van der Waals surface area contributed by atoms with E-state index in [-0.39, 0.29) is 0 Å². The first kappa shape index (κ1) is 16.6. The number of nitrogens with one attached hydrogen (secondary N) is 1. The van der Waals surface area contributed by atoms with Crippen molar-refractivity contribution in [1.82, 2.24) is 14.3 Å². The fourth-order valence-corrected chi connectivity index (χ4v) is 2.62. The van der Waals surface area contributed by atoms with Crippen LogP contribution in [-0.4, -0.2) is 55.2 Å². The highest BCUT2D eigenvalue weighted by molar-refractivity contribution is 7.88. The van der Waals surface area contributed by atoms with Crippen LogP contribution < -0.4 is 10.1 Å². The molecule has 114 valence electrons. The number of hydrogen-bond acceptors (Lipinski definition) is 6. The summed E-state index contributed by atoms with van der Waals surface area (Å²) >= 11 is 0. The summed E-state index contributed by atoms with van der Waals surface area (Å²) in [4.78, 5) is 8.04. The van der Waals surface area contributed by atoms with Crippen molar-refractivity contribution >= 4 is 15.8 Å². The van der Waals surface area contributed by atoms with Gasteiger partial charge in [0.05, 0.1) is 12.9 Å². The van der Waals surface area contributed by atoms with Gasteiger partial charge < -0.3 is 10.1 Å². The van der Waals surface area contributed by atoms with E-state index in [0.29, 0.717) is 44.4 Å². The zero-order valence-electron chi connectivity index (χ0n) is 12.2. The molecule has 0 saturated carbocycles. The third kappa shape index (κ3) is 5.70. The summed E-state index contributed by atoms with van der Waals surface area (Å²) < 4.78 is 29.5. The second-order valence-electron chi connectivity index (χ2n) is 4.21. The van der Waals surface area contributed by atoms with E-state index in [1.54, 1.807) is 6.07 Å². The SMILES string of the molecule is CCOc1cc(NCCCN(CC)S(C)(=O)=O)ncn1. The number of rotatable bonds is 9. The lowest BCUT2D eigenvalue weighted by atomic mass is 10.4. The number of aromatic nitrogens is 2. The first-order valence-corrected chi connectivity index (χ1v) is 8.46. The lowest BCUT2D eigenvalue weighted by Crippen LogP contribution is -2.31. The van der Waals surface area contributed by atoms with Crippen LogP contribution >= 0.6 is 0 Å². The molecule has 0 amide bonds. The van der Waals surface area contributed by atoms with Gasteiger partial charge >= 0.3 is 0 Å². The topological polar surface area (TPSA) is 84.4 Å². The smallest absolute Gasteiger partial charge is 0.218 e. The molecule has 0 unspecified atom stereocenters. The molecule has 0 aliphatic heterocycles. The van der Waals surface area contributed by atoms with Gasteiger partial charge in [-0.15, -0.1) is 0 Å². The predicted octanol–water partition coefficient (Wildman–Crippen LogP) is 0.959. The lowest BCUT2D eigenvalue weighted by molar-refractivity contribution is 0.326. The number of sulfonamides is 1. The Labute approximate surface area is 120 Å². The minimum Gasteiger partial charge on any atom is -0.478 e. The van der Waals surface area contributed by atoms with Crippen LogP contribution in [0.15, 0.2) is 12.4 Å². The molecule has 1 rings (SSSR count). The lowest BCUT2D eigenvalue weighted by Gasteiger charge is -2.17. The van der Waals surface area contributed by atoms with E-state index in [1.807, 2.05) is 13.8 Å². The maximum absolute atomic E-state index is 11.4. The Kier molecular flexibility index (Phi) is 6.66. The molecule has 0 fully saturated rings. The van der Waals surface area contributed by atoms with Gasteiger partial charge in [-0.25, -0.2) is 22.7 Å². The Balaban J connectivity index is 2.39. The molecule has 1 heterocycles. The third-order valence-corrected chi connectivity index (χ3v) is 4.03. The van der Waals surface area contributed by atoms with Gasteiger partial charge in [0, 0.05) is 25.7 Å². The molecule has 0 spiro atoms. The van der Waals surface area contributed by atoms with Crippen molar-refractivity contribution in [1.29, 1.82) is 0 Å². The fraction of sp³-hybridized carbons (Fsp3) is 0.667. The zero-order chi connectivity index (χ0) is 15.0. The molecule has 1 aromatic heterocycles. The molecule has 1 N–H and O–H groups in total. The monoisotopic (exact) mass is 302 g/mol. The van der Waals surface area contributed by atoms with E-state index >= 15 is 0 Å². The van der Waals surface area contributed by atoms with E-state index in [1.165, 1.54) is 16.9 Å². The zero-order valence-corrected chi connectivity index (χ0v) is 13.0. The van der Waals surface area contributed by atoms with Crippen LogP contribution in [0.25, 0.3) is 0 Å². The molecule has 0 saturated heterocycles. The van der Waals surface area contributed by atoms with Crippen molar-refractivity contribution in [3.63, 3.8) is 0 Å². The van der Waals surface area contributed by atoms with Gasteiger partial charge in [-0.2, -0.15) is 0 Å². The van der Waals surface area contributed by atoms with Crippen LogP contribution in [0.4, 0.5) is 5.82 Å². The Morgan fingerprint density at radius 2 is 2.10 bits per heavy atom. The number of hydrogen-bond donors (Lipinski definition) is 1. The van der Waals surface area contributed by atoms with Crippen molar-refractivity contribution in [2.75, 3.05) is 37.8 Å². The highest BCUT2D eigenvalue weighted by Gasteiger charge is 2.13. The number of anilines is 1. The van der Waals surface area contributed by atoms with E-state index in [0.717, 1.165) is 0 Å². The average molecular weight is 302 g/mol. The van der Waals surface area contributed by atoms with Gasteiger partial charge in [0.25, 0.3) is 0 Å². The van der Waals surface area contributed by atoms with Gasteiger partial charge in [0.15, 0.2) is 0 Å². The van der Waals surface area contributed by atoms with Crippen molar-refractivity contribution in [2.24, 2.45) is 0 Å². The highest BCUT2D eigenvalue weighted by atomic mass is 32.2.